The summed E-state index contributed by atoms with van der Waals surface area (Å²) in [5, 5.41) is 19.9. The largest absolute Gasteiger partial charge is 0.280 e. The van der Waals surface area contributed by atoms with E-state index in [1.807, 2.05) is 32.0 Å². The van der Waals surface area contributed by atoms with Crippen LogP contribution in [0.2, 0.25) is 0 Å². The fourth-order valence-electron chi connectivity index (χ4n) is 2.05. The van der Waals surface area contributed by atoms with E-state index in [1.165, 1.54) is 24.3 Å². The highest BCUT2D eigenvalue weighted by atomic mass is 16.6. The molecule has 7 nitrogen and oxygen atoms in total. The number of rotatable bonds is 4. The first kappa shape index (κ1) is 16.0. The summed E-state index contributed by atoms with van der Waals surface area (Å²) < 4.78 is 1.57. The molecule has 0 saturated carbocycles. The number of nitrogens with one attached hydrogen (secondary N) is 1. The van der Waals surface area contributed by atoms with E-state index in [-0.39, 0.29) is 11.3 Å². The molecule has 0 aliphatic carbocycles. The van der Waals surface area contributed by atoms with E-state index in [2.05, 4.69) is 5.43 Å². The fraction of sp³-hybridized carbons (Fsp3) is 0.125. The number of aromatic nitrogens is 1. The first-order valence-electron chi connectivity index (χ1n) is 6.75. The number of hydrogen-bond donors (Lipinski definition) is 1. The van der Waals surface area contributed by atoms with Gasteiger partial charge >= 0.3 is 0 Å². The Labute approximate surface area is 132 Å². The molecule has 0 unspecified atom stereocenters. The van der Waals surface area contributed by atoms with Crippen molar-refractivity contribution in [2.24, 2.45) is 0 Å². The summed E-state index contributed by atoms with van der Waals surface area (Å²) in [7, 11) is 0. The molecule has 116 valence electrons. The van der Waals surface area contributed by atoms with Gasteiger partial charge in [0.25, 0.3) is 11.6 Å². The van der Waals surface area contributed by atoms with Gasteiger partial charge in [0.15, 0.2) is 0 Å². The molecule has 2 aromatic rings. The lowest BCUT2D eigenvalue weighted by atomic mass is 10.1. The molecular formula is C16H14N4O3. The van der Waals surface area contributed by atoms with Crippen molar-refractivity contribution in [1.29, 1.82) is 5.26 Å². The first-order valence-corrected chi connectivity index (χ1v) is 6.75. The Hall–Kier alpha value is -3.40. The average Bonchev–Trinajstić information content (AvgIpc) is 2.84. The Bertz CT molecular complexity index is 824. The minimum atomic E-state index is -0.582. The third kappa shape index (κ3) is 3.63. The van der Waals surface area contributed by atoms with Crippen LogP contribution in [0.3, 0.4) is 0 Å². The van der Waals surface area contributed by atoms with Crippen molar-refractivity contribution in [2.75, 3.05) is 5.43 Å². The Morgan fingerprint density at radius 1 is 1.30 bits per heavy atom. The molecule has 0 radical (unpaired) electrons. The van der Waals surface area contributed by atoms with Gasteiger partial charge in [0.05, 0.1) is 4.92 Å². The second-order valence-corrected chi connectivity index (χ2v) is 4.91. The second kappa shape index (κ2) is 6.58. The maximum atomic E-state index is 12.2. The summed E-state index contributed by atoms with van der Waals surface area (Å²) >= 11 is 0. The molecular weight excluding hydrogens is 296 g/mol. The molecule has 0 spiro atoms. The maximum absolute atomic E-state index is 12.2. The Morgan fingerprint density at radius 2 is 1.96 bits per heavy atom. The number of carbonyl (C=O) groups is 1. The van der Waals surface area contributed by atoms with Crippen molar-refractivity contribution in [3.63, 3.8) is 0 Å². The summed E-state index contributed by atoms with van der Waals surface area (Å²) in [5.74, 6) is -0.582. The van der Waals surface area contributed by atoms with Crippen molar-refractivity contribution in [2.45, 2.75) is 13.8 Å². The number of nitro benzene ring substituents is 1. The standard InChI is InChI=1S/C16H14N4O3/c1-11-6-7-12(2)19(11)18-16(21)14(10-17)8-13-4-3-5-15(9-13)20(22)23/h3-9H,1-2H3,(H,18,21). The highest BCUT2D eigenvalue weighted by molar-refractivity contribution is 6.06. The second-order valence-electron chi connectivity index (χ2n) is 4.91. The van der Waals surface area contributed by atoms with E-state index in [0.717, 1.165) is 11.4 Å². The van der Waals surface area contributed by atoms with Gasteiger partial charge in [-0.15, -0.1) is 0 Å². The number of benzene rings is 1. The smallest absolute Gasteiger partial charge is 0.267 e. The highest BCUT2D eigenvalue weighted by Crippen LogP contribution is 2.16. The minimum Gasteiger partial charge on any atom is -0.267 e. The van der Waals surface area contributed by atoms with Gasteiger partial charge < -0.3 is 0 Å². The molecule has 1 N–H and O–H groups in total. The Balaban J connectivity index is 2.29. The fourth-order valence-corrected chi connectivity index (χ4v) is 2.05. The third-order valence-corrected chi connectivity index (χ3v) is 3.24. The van der Waals surface area contributed by atoms with Gasteiger partial charge in [-0.05, 0) is 37.6 Å². The summed E-state index contributed by atoms with van der Waals surface area (Å²) in [5.41, 5.74) is 4.43. The zero-order chi connectivity index (χ0) is 17.0. The van der Waals surface area contributed by atoms with E-state index in [4.69, 9.17) is 0 Å². The van der Waals surface area contributed by atoms with Gasteiger partial charge in [0, 0.05) is 23.5 Å². The summed E-state index contributed by atoms with van der Waals surface area (Å²) in [6, 6.07) is 11.2. The molecule has 1 aromatic carbocycles. The number of nitrogens with zero attached hydrogens (tertiary/aromatic N) is 3. The van der Waals surface area contributed by atoms with E-state index in [0.29, 0.717) is 5.56 Å². The van der Waals surface area contributed by atoms with Crippen LogP contribution in [-0.2, 0) is 4.79 Å². The number of amides is 1. The van der Waals surface area contributed by atoms with Crippen molar-refractivity contribution < 1.29 is 9.72 Å². The lowest BCUT2D eigenvalue weighted by Crippen LogP contribution is -2.25. The molecule has 2 rings (SSSR count). The van der Waals surface area contributed by atoms with Gasteiger partial charge in [0.2, 0.25) is 0 Å². The van der Waals surface area contributed by atoms with Crippen molar-refractivity contribution in [3.8, 4) is 6.07 Å². The molecule has 0 saturated heterocycles. The zero-order valence-corrected chi connectivity index (χ0v) is 12.6. The number of hydrogen-bond acceptors (Lipinski definition) is 4. The maximum Gasteiger partial charge on any atom is 0.280 e. The highest BCUT2D eigenvalue weighted by Gasteiger charge is 2.12. The molecule has 0 fully saturated rings. The van der Waals surface area contributed by atoms with Crippen LogP contribution in [0.15, 0.2) is 42.0 Å². The predicted octanol–water partition coefficient (Wildman–Crippen LogP) is 2.69. The van der Waals surface area contributed by atoms with Crippen LogP contribution in [0.5, 0.6) is 0 Å². The quantitative estimate of drug-likeness (QED) is 0.406. The number of carbonyl (C=O) groups excluding carboxylic acids is 1. The molecule has 0 atom stereocenters. The van der Waals surface area contributed by atoms with Crippen molar-refractivity contribution >= 4 is 17.7 Å². The number of aryl methyl sites for hydroxylation is 2. The Kier molecular flexibility index (Phi) is 4.57. The molecule has 1 aromatic heterocycles. The molecule has 23 heavy (non-hydrogen) atoms. The van der Waals surface area contributed by atoms with E-state index in [1.54, 1.807) is 10.7 Å². The van der Waals surface area contributed by atoms with Gasteiger partial charge in [0.1, 0.15) is 11.6 Å². The Morgan fingerprint density at radius 3 is 2.52 bits per heavy atom. The normalized spacial score (nSPS) is 10.9. The van der Waals surface area contributed by atoms with E-state index in [9.17, 15) is 20.2 Å². The molecule has 1 heterocycles. The van der Waals surface area contributed by atoms with Crippen molar-refractivity contribution in [1.82, 2.24) is 4.68 Å². The summed E-state index contributed by atoms with van der Waals surface area (Å²) in [6.07, 6.45) is 1.32. The predicted molar refractivity (Wildman–Crippen MR) is 85.0 cm³/mol. The number of non-ortho nitro benzene ring substituents is 1. The minimum absolute atomic E-state index is 0.103. The summed E-state index contributed by atoms with van der Waals surface area (Å²) in [6.45, 7) is 3.65. The van der Waals surface area contributed by atoms with Crippen LogP contribution < -0.4 is 5.43 Å². The van der Waals surface area contributed by atoms with Gasteiger partial charge in [-0.3, -0.25) is 25.0 Å². The summed E-state index contributed by atoms with van der Waals surface area (Å²) in [4.78, 5) is 22.4. The molecule has 7 heteroatoms. The SMILES string of the molecule is Cc1ccc(C)n1NC(=O)C(C#N)=Cc1cccc([N+](=O)[O-])c1. The van der Waals surface area contributed by atoms with Crippen LogP contribution in [-0.4, -0.2) is 15.5 Å². The molecule has 1 amide bonds. The van der Waals surface area contributed by atoms with Crippen LogP contribution in [0, 0.1) is 35.3 Å². The van der Waals surface area contributed by atoms with Gasteiger partial charge in [-0.2, -0.15) is 5.26 Å². The van der Waals surface area contributed by atoms with E-state index >= 15 is 0 Å². The molecule has 0 aliphatic heterocycles. The molecule has 0 aliphatic rings. The van der Waals surface area contributed by atoms with Crippen LogP contribution in [0.4, 0.5) is 5.69 Å². The third-order valence-electron chi connectivity index (χ3n) is 3.24. The van der Waals surface area contributed by atoms with Crippen LogP contribution in [0.25, 0.3) is 6.08 Å². The van der Waals surface area contributed by atoms with Gasteiger partial charge in [-0.25, -0.2) is 0 Å². The topological polar surface area (TPSA) is 101 Å². The average molecular weight is 310 g/mol. The monoisotopic (exact) mass is 310 g/mol. The number of nitriles is 1. The number of nitro groups is 1. The lowest BCUT2D eigenvalue weighted by molar-refractivity contribution is -0.384. The van der Waals surface area contributed by atoms with Crippen LogP contribution >= 0.6 is 0 Å². The first-order chi connectivity index (χ1) is 10.9. The van der Waals surface area contributed by atoms with Crippen molar-refractivity contribution in [3.05, 3.63) is 69.0 Å². The zero-order valence-electron chi connectivity index (χ0n) is 12.6. The molecule has 0 bridgehead atoms. The lowest BCUT2D eigenvalue weighted by Gasteiger charge is -2.10. The van der Waals surface area contributed by atoms with Gasteiger partial charge in [-0.1, -0.05) is 12.1 Å². The van der Waals surface area contributed by atoms with Crippen LogP contribution in [0.1, 0.15) is 17.0 Å². The van der Waals surface area contributed by atoms with E-state index < -0.39 is 10.8 Å².